The lowest BCUT2D eigenvalue weighted by Crippen LogP contribution is -2.51. The lowest BCUT2D eigenvalue weighted by atomic mass is 10.1. The van der Waals surface area contributed by atoms with Crippen LogP contribution in [0.1, 0.15) is 27.7 Å². The van der Waals surface area contributed by atoms with E-state index in [2.05, 4.69) is 14.8 Å². The number of aliphatic carboxylic acids is 1. The number of carbonyl (C=O) groups is 4. The molecule has 1 amide bonds. The average molecular weight is 275 g/mol. The molecule has 0 aliphatic heterocycles. The van der Waals surface area contributed by atoms with Crippen LogP contribution < -0.4 is 5.32 Å². The molecule has 0 aromatic carbocycles. The number of hydrogen-bond donors (Lipinski definition) is 2. The van der Waals surface area contributed by atoms with Crippen molar-refractivity contribution in [2.75, 3.05) is 0 Å². The van der Waals surface area contributed by atoms with E-state index in [0.29, 0.717) is 0 Å². The number of carbonyl (C=O) groups excluding carboxylic acids is 3. The van der Waals surface area contributed by atoms with E-state index < -0.39 is 36.0 Å². The molecular formula is C11H17NO7. The summed E-state index contributed by atoms with van der Waals surface area (Å²) in [6.07, 6.45) is -3.62. The van der Waals surface area contributed by atoms with Crippen LogP contribution in [0, 0.1) is 0 Å². The molecule has 2 N–H and O–H groups in total. The Bertz CT molecular complexity index is 377. The summed E-state index contributed by atoms with van der Waals surface area (Å²) in [6, 6.07) is -0.294. The van der Waals surface area contributed by atoms with E-state index in [4.69, 9.17) is 5.11 Å². The largest absolute Gasteiger partial charge is 0.478 e. The van der Waals surface area contributed by atoms with Crippen molar-refractivity contribution < 1.29 is 33.8 Å². The summed E-state index contributed by atoms with van der Waals surface area (Å²) < 4.78 is 9.13. The quantitative estimate of drug-likeness (QED) is 0.625. The number of amides is 1. The minimum absolute atomic E-state index is 0.294. The van der Waals surface area contributed by atoms with Crippen molar-refractivity contribution in [1.29, 1.82) is 0 Å². The van der Waals surface area contributed by atoms with Crippen LogP contribution >= 0.6 is 0 Å². The van der Waals surface area contributed by atoms with E-state index in [9.17, 15) is 19.2 Å². The van der Waals surface area contributed by atoms with E-state index in [1.54, 1.807) is 13.8 Å². The Hall–Kier alpha value is -2.12. The van der Waals surface area contributed by atoms with E-state index in [-0.39, 0.29) is 6.04 Å². The average Bonchev–Trinajstić information content (AvgIpc) is 2.20. The highest BCUT2D eigenvalue weighted by molar-refractivity contribution is 5.91. The van der Waals surface area contributed by atoms with Crippen LogP contribution in [-0.4, -0.2) is 47.2 Å². The smallest absolute Gasteiger partial charge is 0.349 e. The Morgan fingerprint density at radius 3 is 1.68 bits per heavy atom. The van der Waals surface area contributed by atoms with Gasteiger partial charge in [-0.2, -0.15) is 0 Å². The Kier molecular flexibility index (Phi) is 6.53. The van der Waals surface area contributed by atoms with Gasteiger partial charge in [-0.15, -0.1) is 0 Å². The van der Waals surface area contributed by atoms with Crippen LogP contribution in [0.25, 0.3) is 0 Å². The molecule has 0 aromatic heterocycles. The lowest BCUT2D eigenvalue weighted by molar-refractivity contribution is -0.180. The van der Waals surface area contributed by atoms with Gasteiger partial charge in [-0.1, -0.05) is 0 Å². The third-order valence-electron chi connectivity index (χ3n) is 1.79. The third kappa shape index (κ3) is 6.39. The molecule has 0 radical (unpaired) electrons. The first-order chi connectivity index (χ1) is 8.65. The number of rotatable bonds is 6. The predicted octanol–water partition coefficient (Wildman–Crippen LogP) is -0.541. The molecule has 0 spiro atoms. The van der Waals surface area contributed by atoms with Gasteiger partial charge in [0.05, 0.1) is 0 Å². The van der Waals surface area contributed by atoms with Crippen LogP contribution in [0.3, 0.4) is 0 Å². The molecular weight excluding hydrogens is 258 g/mol. The lowest BCUT2D eigenvalue weighted by Gasteiger charge is -2.23. The van der Waals surface area contributed by atoms with Gasteiger partial charge in [0.1, 0.15) is 0 Å². The van der Waals surface area contributed by atoms with Crippen molar-refractivity contribution in [3.8, 4) is 0 Å². The zero-order valence-corrected chi connectivity index (χ0v) is 11.1. The molecule has 0 rings (SSSR count). The monoisotopic (exact) mass is 275 g/mol. The van der Waals surface area contributed by atoms with Crippen LogP contribution in [0.5, 0.6) is 0 Å². The second kappa shape index (κ2) is 7.34. The van der Waals surface area contributed by atoms with Gasteiger partial charge in [-0.25, -0.2) is 4.79 Å². The van der Waals surface area contributed by atoms with Gasteiger partial charge in [0.2, 0.25) is 12.2 Å². The fourth-order valence-corrected chi connectivity index (χ4v) is 1.22. The molecule has 8 heteroatoms. The molecule has 0 saturated heterocycles. The summed E-state index contributed by atoms with van der Waals surface area (Å²) in [5.74, 6) is -4.19. The van der Waals surface area contributed by atoms with E-state index in [1.807, 2.05) is 0 Å². The molecule has 0 aliphatic carbocycles. The van der Waals surface area contributed by atoms with Crippen LogP contribution in [0.4, 0.5) is 0 Å². The summed E-state index contributed by atoms with van der Waals surface area (Å²) >= 11 is 0. The number of esters is 2. The van der Waals surface area contributed by atoms with Crippen LogP contribution in [0.2, 0.25) is 0 Å². The van der Waals surface area contributed by atoms with Gasteiger partial charge in [0.25, 0.3) is 5.91 Å². The van der Waals surface area contributed by atoms with E-state index in [1.165, 1.54) is 0 Å². The molecule has 0 heterocycles. The van der Waals surface area contributed by atoms with Crippen LogP contribution in [-0.2, 0) is 28.7 Å². The topological polar surface area (TPSA) is 119 Å². The third-order valence-corrected chi connectivity index (χ3v) is 1.79. The number of carboxylic acids is 1. The fraction of sp³-hybridized carbons (Fsp3) is 0.636. The Labute approximate surface area is 110 Å². The second-order valence-electron chi connectivity index (χ2n) is 4.06. The van der Waals surface area contributed by atoms with Gasteiger partial charge in [0.15, 0.2) is 0 Å². The number of hydrogen-bond acceptors (Lipinski definition) is 6. The van der Waals surface area contributed by atoms with Crippen molar-refractivity contribution in [1.82, 2.24) is 5.32 Å². The maximum Gasteiger partial charge on any atom is 0.349 e. The van der Waals surface area contributed by atoms with Gasteiger partial charge < -0.3 is 19.9 Å². The number of carboxylic acid groups (broad SMARTS) is 1. The highest BCUT2D eigenvalue weighted by atomic mass is 16.6. The Balaban J connectivity index is 5.16. The summed E-state index contributed by atoms with van der Waals surface area (Å²) in [4.78, 5) is 44.5. The summed E-state index contributed by atoms with van der Waals surface area (Å²) in [6.45, 7) is 5.29. The maximum absolute atomic E-state index is 11.8. The highest BCUT2D eigenvalue weighted by Gasteiger charge is 2.39. The van der Waals surface area contributed by atoms with E-state index >= 15 is 0 Å². The molecule has 0 saturated carbocycles. The normalized spacial score (nSPS) is 13.3. The van der Waals surface area contributed by atoms with Gasteiger partial charge >= 0.3 is 17.9 Å². The number of ether oxygens (including phenoxy) is 2. The van der Waals surface area contributed by atoms with E-state index in [0.717, 1.165) is 13.8 Å². The predicted molar refractivity (Wildman–Crippen MR) is 62.0 cm³/mol. The summed E-state index contributed by atoms with van der Waals surface area (Å²) in [5, 5.41) is 11.3. The molecule has 2 atom stereocenters. The first kappa shape index (κ1) is 16.9. The zero-order valence-electron chi connectivity index (χ0n) is 11.1. The summed E-state index contributed by atoms with van der Waals surface area (Å²) in [5.41, 5.74) is 0. The molecule has 0 aliphatic rings. The van der Waals surface area contributed by atoms with Crippen molar-refractivity contribution in [3.05, 3.63) is 0 Å². The van der Waals surface area contributed by atoms with Crippen LogP contribution in [0.15, 0.2) is 0 Å². The molecule has 0 aromatic rings. The minimum Gasteiger partial charge on any atom is -0.478 e. The van der Waals surface area contributed by atoms with Crippen molar-refractivity contribution in [3.63, 3.8) is 0 Å². The fourth-order valence-electron chi connectivity index (χ4n) is 1.22. The van der Waals surface area contributed by atoms with Gasteiger partial charge in [-0.3, -0.25) is 14.4 Å². The van der Waals surface area contributed by atoms with Gasteiger partial charge in [-0.05, 0) is 13.8 Å². The Morgan fingerprint density at radius 1 is 0.947 bits per heavy atom. The first-order valence-corrected chi connectivity index (χ1v) is 5.52. The molecule has 0 bridgehead atoms. The highest BCUT2D eigenvalue weighted by Crippen LogP contribution is 2.07. The van der Waals surface area contributed by atoms with Crippen molar-refractivity contribution >= 4 is 23.8 Å². The standard InChI is InChI=1S/C11H17NO7/c1-5(2)12-10(15)8(18-6(3)13)9(11(16)17)19-7(4)14/h5,8-9H,1-4H3,(H,12,15)(H,16,17)/t8-,9-/m1/s1. The molecule has 0 unspecified atom stereocenters. The summed E-state index contributed by atoms with van der Waals surface area (Å²) in [7, 11) is 0. The molecule has 8 nitrogen and oxygen atoms in total. The van der Waals surface area contributed by atoms with Crippen molar-refractivity contribution in [2.24, 2.45) is 0 Å². The van der Waals surface area contributed by atoms with Crippen molar-refractivity contribution in [2.45, 2.75) is 45.9 Å². The number of nitrogens with one attached hydrogen (secondary N) is 1. The zero-order chi connectivity index (χ0) is 15.2. The maximum atomic E-state index is 11.8. The molecule has 0 fully saturated rings. The molecule has 108 valence electrons. The second-order valence-corrected chi connectivity index (χ2v) is 4.06. The minimum atomic E-state index is -1.89. The first-order valence-electron chi connectivity index (χ1n) is 5.52. The Morgan fingerprint density at radius 2 is 1.37 bits per heavy atom. The SMILES string of the molecule is CC(=O)O[C@@H](C(=O)O)[C@@H](OC(C)=O)C(=O)NC(C)C. The van der Waals surface area contributed by atoms with Gasteiger partial charge in [0, 0.05) is 19.9 Å². The molecule has 19 heavy (non-hydrogen) atoms.